The van der Waals surface area contributed by atoms with Crippen LogP contribution in [0.5, 0.6) is 0 Å². The molecule has 0 amide bonds. The summed E-state index contributed by atoms with van der Waals surface area (Å²) < 4.78 is 16.4. The molecule has 0 fully saturated rings. The quantitative estimate of drug-likeness (QED) is 0.913. The van der Waals surface area contributed by atoms with Crippen LogP contribution in [0.3, 0.4) is 0 Å². The minimum absolute atomic E-state index is 0.184. The Labute approximate surface area is 121 Å². The van der Waals surface area contributed by atoms with Crippen LogP contribution >= 0.6 is 15.9 Å². The molecular weight excluding hydrogens is 309 g/mol. The summed E-state index contributed by atoms with van der Waals surface area (Å²) in [7, 11) is 0. The van der Waals surface area contributed by atoms with Gasteiger partial charge < -0.3 is 5.32 Å². The number of nitrogens with zero attached hydrogens (tertiary/aromatic N) is 2. The molecule has 1 N–H and O–H groups in total. The summed E-state index contributed by atoms with van der Waals surface area (Å²) in [5, 5.41) is 7.63. The molecule has 0 radical (unpaired) electrons. The van der Waals surface area contributed by atoms with E-state index < -0.39 is 0 Å². The molecule has 0 saturated heterocycles. The van der Waals surface area contributed by atoms with Crippen LogP contribution in [0.4, 0.5) is 4.39 Å². The Morgan fingerprint density at radius 3 is 2.84 bits per heavy atom. The Morgan fingerprint density at radius 1 is 1.32 bits per heavy atom. The molecule has 19 heavy (non-hydrogen) atoms. The molecule has 1 aromatic heterocycles. The van der Waals surface area contributed by atoms with Crippen LogP contribution in [0.2, 0.25) is 0 Å². The smallest absolute Gasteiger partial charge is 0.127 e. The van der Waals surface area contributed by atoms with Gasteiger partial charge in [0.05, 0.1) is 11.4 Å². The zero-order valence-corrected chi connectivity index (χ0v) is 12.7. The van der Waals surface area contributed by atoms with Gasteiger partial charge >= 0.3 is 0 Å². The third-order valence-electron chi connectivity index (χ3n) is 2.91. The fourth-order valence-corrected chi connectivity index (χ4v) is 2.43. The zero-order valence-electron chi connectivity index (χ0n) is 11.1. The van der Waals surface area contributed by atoms with Gasteiger partial charge in [-0.3, -0.25) is 4.68 Å². The maximum absolute atomic E-state index is 13.6. The van der Waals surface area contributed by atoms with E-state index in [1.54, 1.807) is 12.1 Å². The molecular formula is C14H17BrFN3. The van der Waals surface area contributed by atoms with E-state index >= 15 is 0 Å². The lowest BCUT2D eigenvalue weighted by molar-refractivity contribution is 0.560. The van der Waals surface area contributed by atoms with E-state index in [4.69, 9.17) is 0 Å². The molecule has 2 rings (SSSR count). The van der Waals surface area contributed by atoms with Gasteiger partial charge in [0.15, 0.2) is 0 Å². The molecule has 102 valence electrons. The van der Waals surface area contributed by atoms with Crippen molar-refractivity contribution in [3.05, 3.63) is 51.5 Å². The lowest BCUT2D eigenvalue weighted by Gasteiger charge is -2.08. The van der Waals surface area contributed by atoms with Crippen molar-refractivity contribution in [3.63, 3.8) is 0 Å². The minimum atomic E-state index is -0.184. The first-order chi connectivity index (χ1) is 9.10. The number of aromatic nitrogens is 2. The average Bonchev–Trinajstić information content (AvgIpc) is 2.74. The van der Waals surface area contributed by atoms with Gasteiger partial charge in [0.25, 0.3) is 0 Å². The van der Waals surface area contributed by atoms with Gasteiger partial charge in [0.2, 0.25) is 0 Å². The predicted molar refractivity (Wildman–Crippen MR) is 77.3 cm³/mol. The molecule has 0 bridgehead atoms. The van der Waals surface area contributed by atoms with E-state index in [1.807, 2.05) is 17.7 Å². The molecule has 2 aromatic rings. The zero-order chi connectivity index (χ0) is 13.8. The third kappa shape index (κ3) is 3.64. The molecule has 3 nitrogen and oxygen atoms in total. The van der Waals surface area contributed by atoms with Crippen molar-refractivity contribution in [1.82, 2.24) is 15.1 Å². The summed E-state index contributed by atoms with van der Waals surface area (Å²) in [6.07, 6.45) is 0. The molecule has 0 spiro atoms. The van der Waals surface area contributed by atoms with Crippen molar-refractivity contribution in [1.29, 1.82) is 0 Å². The van der Waals surface area contributed by atoms with E-state index in [1.165, 1.54) is 6.07 Å². The Bertz CT molecular complexity index is 566. The van der Waals surface area contributed by atoms with Gasteiger partial charge in [-0.1, -0.05) is 15.9 Å². The van der Waals surface area contributed by atoms with Crippen molar-refractivity contribution in [2.75, 3.05) is 0 Å². The van der Waals surface area contributed by atoms with E-state index in [-0.39, 0.29) is 5.82 Å². The first-order valence-corrected chi connectivity index (χ1v) is 7.07. The number of benzene rings is 1. The van der Waals surface area contributed by atoms with Crippen LogP contribution < -0.4 is 5.32 Å². The number of rotatable bonds is 5. The molecule has 0 aliphatic carbocycles. The Morgan fingerprint density at radius 2 is 2.11 bits per heavy atom. The van der Waals surface area contributed by atoms with Gasteiger partial charge in [-0.2, -0.15) is 5.10 Å². The highest BCUT2D eigenvalue weighted by Crippen LogP contribution is 2.15. The summed E-state index contributed by atoms with van der Waals surface area (Å²) in [6.45, 7) is 6.06. The van der Waals surface area contributed by atoms with Gasteiger partial charge in [-0.15, -0.1) is 0 Å². The highest BCUT2D eigenvalue weighted by atomic mass is 79.9. The van der Waals surface area contributed by atoms with Crippen LogP contribution in [0.1, 0.15) is 23.9 Å². The molecule has 0 aliphatic rings. The third-order valence-corrected chi connectivity index (χ3v) is 3.41. The lowest BCUT2D eigenvalue weighted by atomic mass is 10.2. The van der Waals surface area contributed by atoms with Crippen LogP contribution in [-0.2, 0) is 19.6 Å². The highest BCUT2D eigenvalue weighted by Gasteiger charge is 2.05. The normalized spacial score (nSPS) is 10.9. The number of hydrogen-bond acceptors (Lipinski definition) is 2. The second-order valence-corrected chi connectivity index (χ2v) is 5.35. The lowest BCUT2D eigenvalue weighted by Crippen LogP contribution is -2.16. The van der Waals surface area contributed by atoms with Crippen molar-refractivity contribution >= 4 is 15.9 Å². The molecule has 1 aromatic carbocycles. The summed E-state index contributed by atoms with van der Waals surface area (Å²) >= 11 is 3.35. The maximum Gasteiger partial charge on any atom is 0.127 e. The molecule has 0 atom stereocenters. The first kappa shape index (κ1) is 14.2. The minimum Gasteiger partial charge on any atom is -0.307 e. The maximum atomic E-state index is 13.6. The molecule has 1 heterocycles. The summed E-state index contributed by atoms with van der Waals surface area (Å²) in [4.78, 5) is 0. The average molecular weight is 326 g/mol. The van der Waals surface area contributed by atoms with Crippen molar-refractivity contribution in [2.45, 2.75) is 33.5 Å². The molecule has 0 aliphatic heterocycles. The Hall–Kier alpha value is -1.20. The van der Waals surface area contributed by atoms with E-state index in [2.05, 4.69) is 33.3 Å². The van der Waals surface area contributed by atoms with Gasteiger partial charge in [-0.25, -0.2) is 4.39 Å². The van der Waals surface area contributed by atoms with Gasteiger partial charge in [-0.05, 0) is 38.1 Å². The van der Waals surface area contributed by atoms with Crippen LogP contribution in [0.25, 0.3) is 0 Å². The standard InChI is InChI=1S/C14H17BrFN3/c1-3-19-13(6-10(2)18-19)9-17-8-11-7-12(15)4-5-14(11)16/h4-7,17H,3,8-9H2,1-2H3. The first-order valence-electron chi connectivity index (χ1n) is 6.28. The fraction of sp³-hybridized carbons (Fsp3) is 0.357. The number of aryl methyl sites for hydroxylation is 2. The second kappa shape index (κ2) is 6.30. The van der Waals surface area contributed by atoms with E-state index in [0.29, 0.717) is 18.7 Å². The topological polar surface area (TPSA) is 29.9 Å². The summed E-state index contributed by atoms with van der Waals surface area (Å²) in [5.41, 5.74) is 2.79. The second-order valence-electron chi connectivity index (χ2n) is 4.43. The van der Waals surface area contributed by atoms with Crippen molar-refractivity contribution in [3.8, 4) is 0 Å². The van der Waals surface area contributed by atoms with Crippen molar-refractivity contribution < 1.29 is 4.39 Å². The van der Waals surface area contributed by atoms with Crippen LogP contribution in [-0.4, -0.2) is 9.78 Å². The summed E-state index contributed by atoms with van der Waals surface area (Å²) in [6, 6.07) is 7.02. The van der Waals surface area contributed by atoms with E-state index in [0.717, 1.165) is 22.4 Å². The van der Waals surface area contributed by atoms with Gasteiger partial charge in [0.1, 0.15) is 5.82 Å². The summed E-state index contributed by atoms with van der Waals surface area (Å²) in [5.74, 6) is -0.184. The number of nitrogens with one attached hydrogen (secondary N) is 1. The van der Waals surface area contributed by atoms with Gasteiger partial charge in [0, 0.05) is 29.7 Å². The SMILES string of the molecule is CCn1nc(C)cc1CNCc1cc(Br)ccc1F. The predicted octanol–water partition coefficient (Wildman–Crippen LogP) is 3.40. The monoisotopic (exact) mass is 325 g/mol. The molecule has 0 saturated carbocycles. The molecule has 0 unspecified atom stereocenters. The largest absolute Gasteiger partial charge is 0.307 e. The fourth-order valence-electron chi connectivity index (χ4n) is 2.02. The highest BCUT2D eigenvalue weighted by molar-refractivity contribution is 9.10. The Kier molecular flexibility index (Phi) is 4.71. The van der Waals surface area contributed by atoms with E-state index in [9.17, 15) is 4.39 Å². The van der Waals surface area contributed by atoms with Crippen LogP contribution in [0.15, 0.2) is 28.7 Å². The number of halogens is 2. The van der Waals surface area contributed by atoms with Crippen molar-refractivity contribution in [2.24, 2.45) is 0 Å². The molecule has 5 heteroatoms. The Balaban J connectivity index is 1.98. The van der Waals surface area contributed by atoms with Crippen LogP contribution in [0, 0.1) is 12.7 Å². The number of hydrogen-bond donors (Lipinski definition) is 1.